The zero-order valence-electron chi connectivity index (χ0n) is 10.1. The number of halogens is 1. The van der Waals surface area contributed by atoms with Gasteiger partial charge in [-0.15, -0.1) is 0 Å². The molecule has 5 heteroatoms. The predicted molar refractivity (Wildman–Crippen MR) is 69.9 cm³/mol. The quantitative estimate of drug-likeness (QED) is 0.808. The summed E-state index contributed by atoms with van der Waals surface area (Å²) in [5.74, 6) is 0.294. The summed E-state index contributed by atoms with van der Waals surface area (Å²) in [5.41, 5.74) is 0.339. The van der Waals surface area contributed by atoms with Crippen molar-refractivity contribution >= 4 is 23.2 Å². The molecule has 0 unspecified atom stereocenters. The zero-order valence-corrected chi connectivity index (χ0v) is 10.9. The Morgan fingerprint density at radius 2 is 2.33 bits per heavy atom. The van der Waals surface area contributed by atoms with Crippen LogP contribution >= 0.6 is 11.6 Å². The molecule has 1 amide bonds. The van der Waals surface area contributed by atoms with Gasteiger partial charge in [-0.1, -0.05) is 11.6 Å². The molecule has 18 heavy (non-hydrogen) atoms. The van der Waals surface area contributed by atoms with E-state index in [1.54, 1.807) is 19.1 Å². The number of hydrogen-bond donors (Lipinski definition) is 2. The molecular formula is C13H16ClNO3. The van der Waals surface area contributed by atoms with E-state index in [-0.39, 0.29) is 11.7 Å². The highest BCUT2D eigenvalue weighted by molar-refractivity contribution is 6.30. The Morgan fingerprint density at radius 3 is 2.94 bits per heavy atom. The van der Waals surface area contributed by atoms with E-state index in [0.29, 0.717) is 23.2 Å². The number of carbonyl (C=O) groups is 1. The number of ether oxygens (including phenoxy) is 1. The molecule has 0 aromatic heterocycles. The Morgan fingerprint density at radius 1 is 1.61 bits per heavy atom. The van der Waals surface area contributed by atoms with Crippen LogP contribution in [0.1, 0.15) is 19.8 Å². The number of phenolic OH excluding ortho intramolecular Hbond substituents is 1. The first-order valence-electron chi connectivity index (χ1n) is 5.97. The van der Waals surface area contributed by atoms with Gasteiger partial charge in [-0.2, -0.15) is 0 Å². The molecule has 2 rings (SSSR count). The molecule has 98 valence electrons. The molecule has 1 aliphatic rings. The average molecular weight is 270 g/mol. The maximum atomic E-state index is 11.8. The molecule has 1 aliphatic carbocycles. The third-order valence-electron chi connectivity index (χ3n) is 2.87. The highest BCUT2D eigenvalue weighted by Gasteiger charge is 2.24. The smallest absolute Gasteiger partial charge is 0.253 e. The van der Waals surface area contributed by atoms with Crippen LogP contribution in [-0.4, -0.2) is 23.7 Å². The fraction of sp³-hybridized carbons (Fsp3) is 0.462. The van der Waals surface area contributed by atoms with E-state index in [1.165, 1.54) is 18.9 Å². The van der Waals surface area contributed by atoms with Crippen LogP contribution in [0.5, 0.6) is 5.75 Å². The summed E-state index contributed by atoms with van der Waals surface area (Å²) in [6.07, 6.45) is 1.85. The number of amides is 1. The minimum Gasteiger partial charge on any atom is -0.506 e. The third kappa shape index (κ3) is 3.62. The van der Waals surface area contributed by atoms with Crippen LogP contribution in [0.25, 0.3) is 0 Å². The summed E-state index contributed by atoms with van der Waals surface area (Å²) in [6.45, 7) is 2.33. The number of aromatic hydroxyl groups is 1. The summed E-state index contributed by atoms with van der Waals surface area (Å²) < 4.78 is 5.44. The van der Waals surface area contributed by atoms with E-state index < -0.39 is 6.10 Å². The summed E-state index contributed by atoms with van der Waals surface area (Å²) >= 11 is 5.71. The van der Waals surface area contributed by atoms with Gasteiger partial charge in [0.1, 0.15) is 11.9 Å². The number of carbonyl (C=O) groups excluding carboxylic acids is 1. The molecule has 1 saturated carbocycles. The van der Waals surface area contributed by atoms with Crippen LogP contribution in [0.4, 0.5) is 5.69 Å². The first-order valence-corrected chi connectivity index (χ1v) is 6.35. The average Bonchev–Trinajstić information content (AvgIpc) is 3.13. The van der Waals surface area contributed by atoms with Crippen LogP contribution in [-0.2, 0) is 9.53 Å². The van der Waals surface area contributed by atoms with E-state index in [1.807, 2.05) is 0 Å². The zero-order chi connectivity index (χ0) is 13.1. The van der Waals surface area contributed by atoms with Crippen molar-refractivity contribution in [3.8, 4) is 5.75 Å². The van der Waals surface area contributed by atoms with Crippen LogP contribution in [0.2, 0.25) is 5.02 Å². The molecule has 1 fully saturated rings. The summed E-state index contributed by atoms with van der Waals surface area (Å²) in [7, 11) is 0. The first kappa shape index (κ1) is 13.2. The molecule has 0 bridgehead atoms. The lowest BCUT2D eigenvalue weighted by atomic mass is 10.2. The van der Waals surface area contributed by atoms with E-state index >= 15 is 0 Å². The second kappa shape index (κ2) is 5.59. The fourth-order valence-corrected chi connectivity index (χ4v) is 1.65. The Hall–Kier alpha value is -1.26. The highest BCUT2D eigenvalue weighted by atomic mass is 35.5. The van der Waals surface area contributed by atoms with Gasteiger partial charge in [-0.05, 0) is 37.8 Å². The number of hydrogen-bond acceptors (Lipinski definition) is 3. The van der Waals surface area contributed by atoms with Crippen LogP contribution in [0, 0.1) is 5.92 Å². The van der Waals surface area contributed by atoms with Crippen molar-refractivity contribution in [2.75, 3.05) is 11.9 Å². The lowest BCUT2D eigenvalue weighted by molar-refractivity contribution is -0.126. The molecule has 0 spiro atoms. The SMILES string of the molecule is C[C@H](OCC1CC1)C(=O)Nc1ccc(Cl)cc1O. The minimum absolute atomic E-state index is 0.0507. The number of nitrogens with one attached hydrogen (secondary N) is 1. The second-order valence-electron chi connectivity index (χ2n) is 4.57. The maximum Gasteiger partial charge on any atom is 0.253 e. The van der Waals surface area contributed by atoms with Crippen molar-refractivity contribution < 1.29 is 14.6 Å². The molecule has 0 heterocycles. The maximum absolute atomic E-state index is 11.8. The van der Waals surface area contributed by atoms with Crippen LogP contribution in [0.3, 0.4) is 0 Å². The van der Waals surface area contributed by atoms with Crippen molar-refractivity contribution in [2.45, 2.75) is 25.9 Å². The monoisotopic (exact) mass is 269 g/mol. The van der Waals surface area contributed by atoms with Gasteiger partial charge in [-0.3, -0.25) is 4.79 Å². The normalized spacial score (nSPS) is 16.3. The van der Waals surface area contributed by atoms with E-state index in [4.69, 9.17) is 16.3 Å². The van der Waals surface area contributed by atoms with Crippen molar-refractivity contribution in [3.05, 3.63) is 23.2 Å². The topological polar surface area (TPSA) is 58.6 Å². The first-order chi connectivity index (χ1) is 8.56. The minimum atomic E-state index is -0.527. The predicted octanol–water partition coefficient (Wildman–Crippen LogP) is 2.80. The molecule has 1 aromatic rings. The Labute approximate surface area is 111 Å². The number of phenols is 1. The van der Waals surface area contributed by atoms with Gasteiger partial charge in [0.25, 0.3) is 5.91 Å². The summed E-state index contributed by atoms with van der Waals surface area (Å²) in [5, 5.41) is 12.6. The Balaban J connectivity index is 1.88. The van der Waals surface area contributed by atoms with E-state index in [0.717, 1.165) is 0 Å². The number of benzene rings is 1. The number of anilines is 1. The van der Waals surface area contributed by atoms with Gasteiger partial charge in [0.2, 0.25) is 0 Å². The molecule has 4 nitrogen and oxygen atoms in total. The Kier molecular flexibility index (Phi) is 4.09. The fourth-order valence-electron chi connectivity index (χ4n) is 1.49. The van der Waals surface area contributed by atoms with E-state index in [2.05, 4.69) is 5.32 Å². The largest absolute Gasteiger partial charge is 0.506 e. The summed E-state index contributed by atoms with van der Waals surface area (Å²) in [6, 6.07) is 4.54. The Bertz CT molecular complexity index is 446. The number of rotatable bonds is 5. The third-order valence-corrected chi connectivity index (χ3v) is 3.10. The molecule has 2 N–H and O–H groups in total. The molecular weight excluding hydrogens is 254 g/mol. The lowest BCUT2D eigenvalue weighted by Gasteiger charge is -2.13. The van der Waals surface area contributed by atoms with Gasteiger partial charge in [0.15, 0.2) is 0 Å². The molecule has 0 radical (unpaired) electrons. The lowest BCUT2D eigenvalue weighted by Crippen LogP contribution is -2.28. The standard InChI is InChI=1S/C13H16ClNO3/c1-8(18-7-9-2-3-9)13(17)15-11-5-4-10(14)6-12(11)16/h4-6,8-9,16H,2-3,7H2,1H3,(H,15,17)/t8-/m0/s1. The van der Waals surface area contributed by atoms with Gasteiger partial charge in [0.05, 0.1) is 12.3 Å². The highest BCUT2D eigenvalue weighted by Crippen LogP contribution is 2.29. The van der Waals surface area contributed by atoms with Crippen LogP contribution in [0.15, 0.2) is 18.2 Å². The van der Waals surface area contributed by atoms with Gasteiger partial charge >= 0.3 is 0 Å². The second-order valence-corrected chi connectivity index (χ2v) is 5.01. The summed E-state index contributed by atoms with van der Waals surface area (Å²) in [4.78, 5) is 11.8. The van der Waals surface area contributed by atoms with Gasteiger partial charge in [0, 0.05) is 11.1 Å². The van der Waals surface area contributed by atoms with Crippen LogP contribution < -0.4 is 5.32 Å². The molecule has 1 atom stereocenters. The molecule has 1 aromatic carbocycles. The molecule has 0 saturated heterocycles. The van der Waals surface area contributed by atoms with E-state index in [9.17, 15) is 9.90 Å². The van der Waals surface area contributed by atoms with Crippen molar-refractivity contribution in [1.29, 1.82) is 0 Å². The van der Waals surface area contributed by atoms with Crippen molar-refractivity contribution in [1.82, 2.24) is 0 Å². The van der Waals surface area contributed by atoms with Gasteiger partial charge in [-0.25, -0.2) is 0 Å². The van der Waals surface area contributed by atoms with Gasteiger partial charge < -0.3 is 15.2 Å². The molecule has 0 aliphatic heterocycles. The van der Waals surface area contributed by atoms with Crippen molar-refractivity contribution in [2.24, 2.45) is 5.92 Å². The van der Waals surface area contributed by atoms with Crippen molar-refractivity contribution in [3.63, 3.8) is 0 Å².